The topological polar surface area (TPSA) is 95.7 Å². The van der Waals surface area contributed by atoms with E-state index in [1.807, 2.05) is 0 Å². The Bertz CT molecular complexity index is 564. The van der Waals surface area contributed by atoms with Crippen molar-refractivity contribution in [2.45, 2.75) is 0 Å². The SMILES string of the molecule is Nc1nc(-c2ccco2)nc(-n2cccn2)n1. The molecule has 0 aromatic carbocycles. The number of aromatic nitrogens is 5. The van der Waals surface area contributed by atoms with Crippen LogP contribution in [0.3, 0.4) is 0 Å². The highest BCUT2D eigenvalue weighted by molar-refractivity contribution is 5.48. The molecule has 84 valence electrons. The molecule has 17 heavy (non-hydrogen) atoms. The van der Waals surface area contributed by atoms with Crippen molar-refractivity contribution in [3.8, 4) is 17.5 Å². The highest BCUT2D eigenvalue weighted by atomic mass is 16.3. The van der Waals surface area contributed by atoms with Gasteiger partial charge in [0.25, 0.3) is 5.95 Å². The molecular weight excluding hydrogens is 220 g/mol. The minimum atomic E-state index is 0.122. The number of nitrogens with two attached hydrogens (primary N) is 1. The Labute approximate surface area is 95.9 Å². The molecular formula is C10H8N6O. The molecule has 0 radical (unpaired) electrons. The van der Waals surface area contributed by atoms with Crippen molar-refractivity contribution in [3.63, 3.8) is 0 Å². The summed E-state index contributed by atoms with van der Waals surface area (Å²) in [5.41, 5.74) is 5.63. The zero-order valence-electron chi connectivity index (χ0n) is 8.69. The van der Waals surface area contributed by atoms with Crippen LogP contribution < -0.4 is 5.73 Å². The second-order valence-electron chi connectivity index (χ2n) is 3.25. The number of rotatable bonds is 2. The third-order valence-corrected chi connectivity index (χ3v) is 2.09. The average molecular weight is 228 g/mol. The lowest BCUT2D eigenvalue weighted by Crippen LogP contribution is -2.07. The van der Waals surface area contributed by atoms with Gasteiger partial charge in [-0.3, -0.25) is 0 Å². The Morgan fingerprint density at radius 2 is 2.12 bits per heavy atom. The second-order valence-corrected chi connectivity index (χ2v) is 3.25. The van der Waals surface area contributed by atoms with Crippen LogP contribution in [-0.2, 0) is 0 Å². The summed E-state index contributed by atoms with van der Waals surface area (Å²) in [5.74, 6) is 1.39. The molecule has 0 fully saturated rings. The van der Waals surface area contributed by atoms with Gasteiger partial charge in [0, 0.05) is 12.4 Å². The minimum absolute atomic E-state index is 0.122. The lowest BCUT2D eigenvalue weighted by molar-refractivity contribution is 0.576. The first-order valence-corrected chi connectivity index (χ1v) is 4.88. The average Bonchev–Trinajstić information content (AvgIpc) is 3.02. The van der Waals surface area contributed by atoms with E-state index in [0.717, 1.165) is 0 Å². The van der Waals surface area contributed by atoms with Gasteiger partial charge in [-0.2, -0.15) is 20.1 Å². The van der Waals surface area contributed by atoms with Gasteiger partial charge in [0.1, 0.15) is 0 Å². The van der Waals surface area contributed by atoms with Gasteiger partial charge in [-0.15, -0.1) is 0 Å². The van der Waals surface area contributed by atoms with Gasteiger partial charge in [-0.25, -0.2) is 4.68 Å². The Morgan fingerprint density at radius 3 is 2.82 bits per heavy atom. The Morgan fingerprint density at radius 1 is 1.18 bits per heavy atom. The number of nitrogen functional groups attached to an aromatic ring is 1. The summed E-state index contributed by atoms with van der Waals surface area (Å²) in [7, 11) is 0. The molecule has 3 aromatic rings. The number of anilines is 1. The fourth-order valence-electron chi connectivity index (χ4n) is 1.39. The molecule has 7 heteroatoms. The fourth-order valence-corrected chi connectivity index (χ4v) is 1.39. The Hall–Kier alpha value is -2.70. The first-order chi connectivity index (χ1) is 8.33. The summed E-state index contributed by atoms with van der Waals surface area (Å²) in [4.78, 5) is 12.2. The number of nitrogens with zero attached hydrogens (tertiary/aromatic N) is 5. The van der Waals surface area contributed by atoms with Gasteiger partial charge in [0.15, 0.2) is 5.76 Å². The molecule has 0 saturated heterocycles. The van der Waals surface area contributed by atoms with Gasteiger partial charge < -0.3 is 10.2 Å². The Kier molecular flexibility index (Phi) is 2.08. The van der Waals surface area contributed by atoms with Gasteiger partial charge in [0.2, 0.25) is 11.8 Å². The summed E-state index contributed by atoms with van der Waals surface area (Å²) < 4.78 is 6.71. The van der Waals surface area contributed by atoms with Crippen molar-refractivity contribution < 1.29 is 4.42 Å². The van der Waals surface area contributed by atoms with Crippen molar-refractivity contribution in [3.05, 3.63) is 36.9 Å². The van der Waals surface area contributed by atoms with E-state index in [2.05, 4.69) is 20.1 Å². The molecule has 0 saturated carbocycles. The normalized spacial score (nSPS) is 10.6. The van der Waals surface area contributed by atoms with E-state index in [4.69, 9.17) is 10.2 Å². The molecule has 0 unspecified atom stereocenters. The summed E-state index contributed by atoms with van der Waals surface area (Å²) in [6.07, 6.45) is 4.90. The van der Waals surface area contributed by atoms with Crippen LogP contribution in [0.2, 0.25) is 0 Å². The second kappa shape index (κ2) is 3.71. The van der Waals surface area contributed by atoms with Crippen LogP contribution >= 0.6 is 0 Å². The molecule has 0 spiro atoms. The molecule has 7 nitrogen and oxygen atoms in total. The maximum atomic E-state index is 5.63. The molecule has 0 aliphatic carbocycles. The fraction of sp³-hybridized carbons (Fsp3) is 0. The van der Waals surface area contributed by atoms with Gasteiger partial charge >= 0.3 is 0 Å². The molecule has 0 amide bonds. The minimum Gasteiger partial charge on any atom is -0.461 e. The number of hydrogen-bond donors (Lipinski definition) is 1. The lowest BCUT2D eigenvalue weighted by Gasteiger charge is -2.02. The highest BCUT2D eigenvalue weighted by Crippen LogP contribution is 2.16. The third-order valence-electron chi connectivity index (χ3n) is 2.09. The van der Waals surface area contributed by atoms with Gasteiger partial charge in [-0.1, -0.05) is 0 Å². The lowest BCUT2D eigenvalue weighted by atomic mass is 10.4. The van der Waals surface area contributed by atoms with Gasteiger partial charge in [0.05, 0.1) is 6.26 Å². The Balaban J connectivity index is 2.13. The monoisotopic (exact) mass is 228 g/mol. The van der Waals surface area contributed by atoms with Crippen LogP contribution in [0.5, 0.6) is 0 Å². The standard InChI is InChI=1S/C10H8N6O/c11-9-13-8(7-3-1-6-17-7)14-10(15-9)16-5-2-4-12-16/h1-6H,(H2,11,13,14,15). The van der Waals surface area contributed by atoms with Crippen LogP contribution in [0.25, 0.3) is 17.5 Å². The van der Waals surface area contributed by atoms with Crippen LogP contribution in [-0.4, -0.2) is 24.7 Å². The maximum Gasteiger partial charge on any atom is 0.256 e. The summed E-state index contributed by atoms with van der Waals surface area (Å²) in [6, 6.07) is 5.27. The van der Waals surface area contributed by atoms with Crippen LogP contribution in [0.15, 0.2) is 41.3 Å². The molecule has 2 N–H and O–H groups in total. The van der Waals surface area contributed by atoms with E-state index in [9.17, 15) is 0 Å². The van der Waals surface area contributed by atoms with Crippen molar-refractivity contribution >= 4 is 5.95 Å². The molecule has 0 aliphatic rings. The zero-order chi connectivity index (χ0) is 11.7. The maximum absolute atomic E-state index is 5.63. The quantitative estimate of drug-likeness (QED) is 0.700. The molecule has 0 aliphatic heterocycles. The summed E-state index contributed by atoms with van der Waals surface area (Å²) in [6.45, 7) is 0. The van der Waals surface area contributed by atoms with E-state index in [-0.39, 0.29) is 5.95 Å². The summed E-state index contributed by atoms with van der Waals surface area (Å²) >= 11 is 0. The molecule has 0 bridgehead atoms. The van der Waals surface area contributed by atoms with Crippen LogP contribution in [0, 0.1) is 0 Å². The first-order valence-electron chi connectivity index (χ1n) is 4.88. The van der Waals surface area contributed by atoms with Gasteiger partial charge in [-0.05, 0) is 18.2 Å². The first kappa shape index (κ1) is 9.52. The smallest absolute Gasteiger partial charge is 0.256 e. The van der Waals surface area contributed by atoms with E-state index < -0.39 is 0 Å². The summed E-state index contributed by atoms with van der Waals surface area (Å²) in [5, 5.41) is 4.03. The van der Waals surface area contributed by atoms with Crippen LogP contribution in [0.1, 0.15) is 0 Å². The predicted molar refractivity (Wildman–Crippen MR) is 59.1 cm³/mol. The molecule has 3 aromatic heterocycles. The molecule has 0 atom stereocenters. The molecule has 3 heterocycles. The third kappa shape index (κ3) is 1.73. The molecule has 3 rings (SSSR count). The predicted octanol–water partition coefficient (Wildman–Crippen LogP) is 0.899. The van der Waals surface area contributed by atoms with Crippen LogP contribution in [0.4, 0.5) is 5.95 Å². The zero-order valence-corrected chi connectivity index (χ0v) is 8.69. The van der Waals surface area contributed by atoms with E-state index in [0.29, 0.717) is 17.5 Å². The van der Waals surface area contributed by atoms with E-state index in [1.54, 1.807) is 36.9 Å². The van der Waals surface area contributed by atoms with Crippen molar-refractivity contribution in [2.24, 2.45) is 0 Å². The largest absolute Gasteiger partial charge is 0.461 e. The highest BCUT2D eigenvalue weighted by Gasteiger charge is 2.10. The van der Waals surface area contributed by atoms with Crippen molar-refractivity contribution in [2.75, 3.05) is 5.73 Å². The van der Waals surface area contributed by atoms with E-state index >= 15 is 0 Å². The number of hydrogen-bond acceptors (Lipinski definition) is 6. The van der Waals surface area contributed by atoms with E-state index in [1.165, 1.54) is 4.68 Å². The number of furan rings is 1. The van der Waals surface area contributed by atoms with Crippen molar-refractivity contribution in [1.82, 2.24) is 24.7 Å². The van der Waals surface area contributed by atoms with Crippen molar-refractivity contribution in [1.29, 1.82) is 0 Å².